The number of nitrogens with two attached hydrogens (primary N) is 1. The molecule has 3 rings (SSSR count). The summed E-state index contributed by atoms with van der Waals surface area (Å²) in [5.74, 6) is -4.29. The minimum Gasteiger partial charge on any atom is -0.439 e. The molecule has 0 saturated carbocycles. The SMILES string of the molecule is CO[C@H]1/C=C\C=C(/C)C(=O)NC2=CC(=O)C(NC(=O)c3ccc([18F])cc3)=C(C[C@@H](C)C[C@H](OC)[C@H](O)[C@@H](C)/C=C(\C)[C@@H]1OC(N)=O)C2=O. The van der Waals surface area contributed by atoms with E-state index in [0.717, 1.165) is 18.2 Å². The average molecular weight is 667 g/mol. The van der Waals surface area contributed by atoms with Gasteiger partial charge >= 0.3 is 6.09 Å². The van der Waals surface area contributed by atoms with E-state index in [4.69, 9.17) is 19.9 Å². The number of hydrogen-bond acceptors (Lipinski definition) is 9. The van der Waals surface area contributed by atoms with Gasteiger partial charge in [-0.2, -0.15) is 0 Å². The average Bonchev–Trinajstić information content (AvgIpc) is 3.04. The molecule has 12 nitrogen and oxygen atoms in total. The summed E-state index contributed by atoms with van der Waals surface area (Å²) in [5, 5.41) is 16.3. The molecule has 1 heterocycles. The Morgan fingerprint density at radius 2 is 1.73 bits per heavy atom. The molecule has 0 saturated heterocycles. The van der Waals surface area contributed by atoms with E-state index in [2.05, 4.69) is 10.6 Å². The van der Waals surface area contributed by atoms with Gasteiger partial charge in [0.05, 0.1) is 23.6 Å². The van der Waals surface area contributed by atoms with Gasteiger partial charge in [0.15, 0.2) is 6.10 Å². The van der Waals surface area contributed by atoms with Crippen LogP contribution in [0.2, 0.25) is 0 Å². The van der Waals surface area contributed by atoms with E-state index >= 15 is 0 Å². The van der Waals surface area contributed by atoms with Crippen LogP contribution in [-0.2, 0) is 28.6 Å². The number of hydrogen-bond donors (Lipinski definition) is 4. The Hall–Kier alpha value is -4.72. The summed E-state index contributed by atoms with van der Waals surface area (Å²) in [7, 11) is 2.83. The van der Waals surface area contributed by atoms with E-state index in [9.17, 15) is 33.5 Å². The number of Topliss-reactive ketones (excluding diaryl/α,β-unsaturated/α-hetero) is 1. The van der Waals surface area contributed by atoms with Crippen molar-refractivity contribution in [3.63, 3.8) is 0 Å². The summed E-state index contributed by atoms with van der Waals surface area (Å²) < 4.78 is 30.0. The fraction of sp³-hybridized carbons (Fsp3) is 0.400. The number of carbonyl (C=O) groups is 5. The van der Waals surface area contributed by atoms with Crippen molar-refractivity contribution in [1.29, 1.82) is 0 Å². The molecule has 3 amide bonds. The summed E-state index contributed by atoms with van der Waals surface area (Å²) in [6, 6.07) is 4.66. The standard InChI is InChI=1S/C35H42FN3O9/c1-18-14-24-29(39-34(44)22-10-12-23(36)13-11-22)26(40)17-25(31(24)42)38-33(43)19(2)8-7-9-27(46-5)32(48-35(37)45)21(4)16-20(3)30(41)28(15-18)47-6/h7-13,16-18,20,27-28,30,32,41H,14-15H2,1-6H3,(H2,37,45)(H,38,43)(H,39,44)/b9-7-,19-8+,21-16+/t18-,20+,27+,28+,30-,32+/m1/s1/i36-1. The van der Waals surface area contributed by atoms with Gasteiger partial charge in [0, 0.05) is 42.9 Å². The molecule has 258 valence electrons. The van der Waals surface area contributed by atoms with E-state index in [1.54, 1.807) is 32.9 Å². The third-order valence-corrected chi connectivity index (χ3v) is 8.14. The summed E-state index contributed by atoms with van der Waals surface area (Å²) in [4.78, 5) is 65.1. The summed E-state index contributed by atoms with van der Waals surface area (Å²) in [6.07, 6.45) is 2.67. The lowest BCUT2D eigenvalue weighted by Gasteiger charge is -2.30. The first-order valence-electron chi connectivity index (χ1n) is 15.3. The first-order valence-corrected chi connectivity index (χ1v) is 15.3. The summed E-state index contributed by atoms with van der Waals surface area (Å²) >= 11 is 0. The molecule has 2 bridgehead atoms. The zero-order valence-corrected chi connectivity index (χ0v) is 27.7. The van der Waals surface area contributed by atoms with E-state index in [0.29, 0.717) is 5.57 Å². The molecule has 0 spiro atoms. The monoisotopic (exact) mass is 666 g/mol. The highest BCUT2D eigenvalue weighted by atomic mass is 18.2. The number of amides is 3. The highest BCUT2D eigenvalue weighted by Gasteiger charge is 2.34. The van der Waals surface area contributed by atoms with Crippen LogP contribution in [0.4, 0.5) is 9.18 Å². The van der Waals surface area contributed by atoms with E-state index in [1.165, 1.54) is 45.4 Å². The molecule has 1 aromatic carbocycles. The maximum atomic E-state index is 13.8. The van der Waals surface area contributed by atoms with Crippen LogP contribution in [0, 0.1) is 17.7 Å². The number of halogens is 1. The van der Waals surface area contributed by atoms with Crippen molar-refractivity contribution in [2.24, 2.45) is 17.6 Å². The molecule has 0 aromatic heterocycles. The van der Waals surface area contributed by atoms with Gasteiger partial charge in [-0.1, -0.05) is 38.2 Å². The largest absolute Gasteiger partial charge is 0.439 e. The molecule has 13 heteroatoms. The molecule has 1 aromatic rings. The Balaban J connectivity index is 2.09. The Bertz CT molecular complexity index is 1580. The van der Waals surface area contributed by atoms with Gasteiger partial charge in [-0.25, -0.2) is 9.18 Å². The van der Waals surface area contributed by atoms with Gasteiger partial charge in [-0.3, -0.25) is 19.2 Å². The maximum absolute atomic E-state index is 13.8. The molecular weight excluding hydrogens is 624 g/mol. The van der Waals surface area contributed by atoms with Gasteiger partial charge < -0.3 is 35.7 Å². The van der Waals surface area contributed by atoms with Crippen LogP contribution in [0.5, 0.6) is 0 Å². The van der Waals surface area contributed by atoms with Crippen molar-refractivity contribution in [1.82, 2.24) is 10.6 Å². The van der Waals surface area contributed by atoms with Crippen LogP contribution in [0.25, 0.3) is 0 Å². The Kier molecular flexibility index (Phi) is 13.3. The fourth-order valence-corrected chi connectivity index (χ4v) is 5.51. The molecule has 1 aliphatic carbocycles. The topological polar surface area (TPSA) is 183 Å². The number of nitrogens with one attached hydrogen (secondary N) is 2. The van der Waals surface area contributed by atoms with Gasteiger partial charge in [0.1, 0.15) is 11.9 Å². The predicted octanol–water partition coefficient (Wildman–Crippen LogP) is 3.33. The fourth-order valence-electron chi connectivity index (χ4n) is 5.51. The van der Waals surface area contributed by atoms with Gasteiger partial charge in [-0.15, -0.1) is 0 Å². The first kappa shape index (κ1) is 37.7. The second-order valence-corrected chi connectivity index (χ2v) is 11.9. The number of aliphatic hydroxyl groups is 1. The van der Waals surface area contributed by atoms with Gasteiger partial charge in [0.25, 0.3) is 11.8 Å². The quantitative estimate of drug-likeness (QED) is 0.271. The molecule has 0 radical (unpaired) electrons. The molecule has 2 aliphatic rings. The van der Waals surface area contributed by atoms with Crippen molar-refractivity contribution >= 4 is 29.5 Å². The number of rotatable bonds is 5. The number of fused-ring (bicyclic) bond motifs is 2. The number of carbonyl (C=O) groups excluding carboxylic acids is 5. The van der Waals surface area contributed by atoms with Crippen molar-refractivity contribution < 1.29 is 47.7 Å². The number of ketones is 2. The van der Waals surface area contributed by atoms with E-state index in [-0.39, 0.29) is 40.9 Å². The minimum absolute atomic E-state index is 0.0335. The Morgan fingerprint density at radius 1 is 1.06 bits per heavy atom. The van der Waals surface area contributed by atoms with E-state index < -0.39 is 71.5 Å². The smallest absolute Gasteiger partial charge is 0.405 e. The predicted molar refractivity (Wildman–Crippen MR) is 173 cm³/mol. The minimum atomic E-state index is -1.06. The molecular formula is C35H42FN3O9. The van der Waals surface area contributed by atoms with Crippen molar-refractivity contribution in [2.45, 2.75) is 65.0 Å². The Labute approximate surface area is 278 Å². The molecule has 6 atom stereocenters. The molecule has 0 unspecified atom stereocenters. The third kappa shape index (κ3) is 9.66. The van der Waals surface area contributed by atoms with Crippen LogP contribution < -0.4 is 16.4 Å². The number of allylic oxidation sites excluding steroid dienone is 4. The molecule has 1 aliphatic heterocycles. The second kappa shape index (κ2) is 16.9. The lowest BCUT2D eigenvalue weighted by Crippen LogP contribution is -2.38. The van der Waals surface area contributed by atoms with E-state index in [1.807, 2.05) is 0 Å². The molecule has 48 heavy (non-hydrogen) atoms. The molecule has 0 fully saturated rings. The molecule has 5 N–H and O–H groups in total. The lowest BCUT2D eigenvalue weighted by molar-refractivity contribution is -0.120. The number of aliphatic hydroxyl groups excluding tert-OH is 1. The number of primary amides is 1. The van der Waals surface area contributed by atoms with Crippen LogP contribution in [0.15, 0.2) is 82.8 Å². The number of methoxy groups -OCH3 is 2. The van der Waals surface area contributed by atoms with Crippen molar-refractivity contribution in [2.75, 3.05) is 14.2 Å². The van der Waals surface area contributed by atoms with Gasteiger partial charge in [0.2, 0.25) is 11.6 Å². The first-order chi connectivity index (χ1) is 22.7. The number of benzene rings is 1. The van der Waals surface area contributed by atoms with Crippen LogP contribution >= 0.6 is 0 Å². The van der Waals surface area contributed by atoms with Crippen LogP contribution in [0.3, 0.4) is 0 Å². The Morgan fingerprint density at radius 3 is 2.33 bits per heavy atom. The second-order valence-electron chi connectivity index (χ2n) is 11.9. The zero-order chi connectivity index (χ0) is 35.7. The normalized spacial score (nSPS) is 29.1. The van der Waals surface area contributed by atoms with Crippen molar-refractivity contribution in [3.05, 3.63) is 94.1 Å². The lowest BCUT2D eigenvalue weighted by atomic mass is 9.85. The zero-order valence-electron chi connectivity index (χ0n) is 27.7. The van der Waals surface area contributed by atoms with Gasteiger partial charge in [-0.05, 0) is 62.4 Å². The van der Waals surface area contributed by atoms with Crippen molar-refractivity contribution in [3.8, 4) is 0 Å². The number of ether oxygens (including phenoxy) is 3. The highest BCUT2D eigenvalue weighted by Crippen LogP contribution is 2.29. The third-order valence-electron chi connectivity index (χ3n) is 8.14. The maximum Gasteiger partial charge on any atom is 0.405 e. The van der Waals surface area contributed by atoms with Crippen LogP contribution in [-0.4, -0.2) is 73.2 Å². The summed E-state index contributed by atoms with van der Waals surface area (Å²) in [6.45, 7) is 6.72. The summed E-state index contributed by atoms with van der Waals surface area (Å²) in [5.41, 5.74) is 5.49. The van der Waals surface area contributed by atoms with Crippen LogP contribution in [0.1, 0.15) is 50.9 Å². The highest BCUT2D eigenvalue weighted by molar-refractivity contribution is 6.24.